The average molecular weight is 349 g/mol. The molecule has 0 aliphatic heterocycles. The third-order valence-corrected chi connectivity index (χ3v) is 4.54. The fourth-order valence-electron chi connectivity index (χ4n) is 3.04. The summed E-state index contributed by atoms with van der Waals surface area (Å²) < 4.78 is 2.01. The molecule has 0 aliphatic carbocycles. The van der Waals surface area contributed by atoms with Crippen molar-refractivity contribution in [3.8, 4) is 11.4 Å². The molecule has 136 valence electrons. The van der Waals surface area contributed by atoms with E-state index in [9.17, 15) is 4.79 Å². The molecule has 0 saturated carbocycles. The largest absolute Gasteiger partial charge is 0.355 e. The molecule has 0 saturated heterocycles. The maximum atomic E-state index is 12.3. The summed E-state index contributed by atoms with van der Waals surface area (Å²) >= 11 is 0. The zero-order valence-corrected chi connectivity index (χ0v) is 16.0. The number of nitrogens with zero attached hydrogens (tertiary/aromatic N) is 2. The Morgan fingerprint density at radius 2 is 1.77 bits per heavy atom. The molecule has 0 unspecified atom stereocenters. The van der Waals surface area contributed by atoms with E-state index in [1.54, 1.807) is 0 Å². The number of benzene rings is 2. The molecule has 0 aliphatic rings. The van der Waals surface area contributed by atoms with Crippen molar-refractivity contribution in [1.29, 1.82) is 0 Å². The summed E-state index contributed by atoms with van der Waals surface area (Å²) in [6.07, 6.45) is 0.928. The van der Waals surface area contributed by atoms with E-state index in [1.165, 1.54) is 5.56 Å². The molecule has 0 spiro atoms. The van der Waals surface area contributed by atoms with Gasteiger partial charge in [0.2, 0.25) is 5.91 Å². The number of fused-ring (bicyclic) bond motifs is 1. The van der Waals surface area contributed by atoms with E-state index >= 15 is 0 Å². The normalized spacial score (nSPS) is 11.7. The van der Waals surface area contributed by atoms with Crippen LogP contribution in [0.25, 0.3) is 22.4 Å². The van der Waals surface area contributed by atoms with Crippen LogP contribution < -0.4 is 5.32 Å². The maximum absolute atomic E-state index is 12.3. The molecule has 1 aromatic heterocycles. The standard InChI is InChI=1S/C22H27N3O/c1-5-14-23-20(26)15-25-19-9-7-6-8-18(19)24-21(25)16-10-12-17(13-11-16)22(2,3)4/h6-13H,5,14-15H2,1-4H3,(H,23,26). The Morgan fingerprint density at radius 1 is 1.08 bits per heavy atom. The minimum absolute atomic E-state index is 0.0163. The highest BCUT2D eigenvalue weighted by Crippen LogP contribution is 2.28. The first-order valence-electron chi connectivity index (χ1n) is 9.23. The first-order chi connectivity index (χ1) is 12.4. The summed E-state index contributed by atoms with van der Waals surface area (Å²) in [5.74, 6) is 0.848. The van der Waals surface area contributed by atoms with E-state index in [-0.39, 0.29) is 17.9 Å². The SMILES string of the molecule is CCCNC(=O)Cn1c(-c2ccc(C(C)(C)C)cc2)nc2ccccc21. The second kappa shape index (κ2) is 7.32. The zero-order chi connectivity index (χ0) is 18.7. The van der Waals surface area contributed by atoms with Gasteiger partial charge < -0.3 is 9.88 Å². The number of imidazole rings is 1. The second-order valence-corrected chi connectivity index (χ2v) is 7.69. The molecule has 3 aromatic rings. The molecule has 1 N–H and O–H groups in total. The predicted octanol–water partition coefficient (Wildman–Crippen LogP) is 4.53. The zero-order valence-electron chi connectivity index (χ0n) is 16.0. The summed E-state index contributed by atoms with van der Waals surface area (Å²) in [5.41, 5.74) is 4.31. The van der Waals surface area contributed by atoms with Crippen LogP contribution in [-0.4, -0.2) is 22.0 Å². The highest BCUT2D eigenvalue weighted by molar-refractivity contribution is 5.84. The van der Waals surface area contributed by atoms with Crippen LogP contribution in [0.2, 0.25) is 0 Å². The Labute approximate surface area is 155 Å². The summed E-state index contributed by atoms with van der Waals surface area (Å²) in [6, 6.07) is 16.5. The lowest BCUT2D eigenvalue weighted by Gasteiger charge is -2.19. The van der Waals surface area contributed by atoms with Gasteiger partial charge >= 0.3 is 0 Å². The highest BCUT2D eigenvalue weighted by atomic mass is 16.1. The number of carbonyl (C=O) groups is 1. The second-order valence-electron chi connectivity index (χ2n) is 7.69. The van der Waals surface area contributed by atoms with Gasteiger partial charge in [0.05, 0.1) is 11.0 Å². The quantitative estimate of drug-likeness (QED) is 0.736. The van der Waals surface area contributed by atoms with E-state index < -0.39 is 0 Å². The van der Waals surface area contributed by atoms with Crippen molar-refractivity contribution in [3.63, 3.8) is 0 Å². The van der Waals surface area contributed by atoms with Crippen molar-refractivity contribution >= 4 is 16.9 Å². The van der Waals surface area contributed by atoms with Crippen molar-refractivity contribution in [2.75, 3.05) is 6.54 Å². The number of rotatable bonds is 5. The Morgan fingerprint density at radius 3 is 2.42 bits per heavy atom. The van der Waals surface area contributed by atoms with Gasteiger partial charge in [-0.2, -0.15) is 0 Å². The number of carbonyl (C=O) groups excluding carboxylic acids is 1. The monoisotopic (exact) mass is 349 g/mol. The van der Waals surface area contributed by atoms with E-state index in [0.29, 0.717) is 6.54 Å². The number of nitrogens with one attached hydrogen (secondary N) is 1. The predicted molar refractivity (Wildman–Crippen MR) is 107 cm³/mol. The van der Waals surface area contributed by atoms with Crippen LogP contribution in [-0.2, 0) is 16.8 Å². The molecular weight excluding hydrogens is 322 g/mol. The molecule has 26 heavy (non-hydrogen) atoms. The van der Waals surface area contributed by atoms with Gasteiger partial charge in [0.1, 0.15) is 12.4 Å². The lowest BCUT2D eigenvalue weighted by Crippen LogP contribution is -2.28. The van der Waals surface area contributed by atoms with E-state index in [1.807, 2.05) is 28.8 Å². The number of para-hydroxylation sites is 2. The number of amides is 1. The Balaban J connectivity index is 2.02. The van der Waals surface area contributed by atoms with Crippen LogP contribution in [0.4, 0.5) is 0 Å². The van der Waals surface area contributed by atoms with Gasteiger partial charge in [-0.15, -0.1) is 0 Å². The molecule has 4 heteroatoms. The van der Waals surface area contributed by atoms with E-state index in [4.69, 9.17) is 4.98 Å². The molecule has 3 rings (SSSR count). The molecule has 0 atom stereocenters. The van der Waals surface area contributed by atoms with Crippen LogP contribution in [0, 0.1) is 0 Å². The van der Waals surface area contributed by atoms with Crippen LogP contribution in [0.1, 0.15) is 39.7 Å². The molecule has 1 amide bonds. The van der Waals surface area contributed by atoms with Crippen molar-refractivity contribution < 1.29 is 4.79 Å². The van der Waals surface area contributed by atoms with Gasteiger partial charge in [-0.3, -0.25) is 4.79 Å². The first-order valence-corrected chi connectivity index (χ1v) is 9.23. The number of aromatic nitrogens is 2. The molecule has 4 nitrogen and oxygen atoms in total. The van der Waals surface area contributed by atoms with Crippen molar-refractivity contribution in [3.05, 3.63) is 54.1 Å². The Hall–Kier alpha value is -2.62. The van der Waals surface area contributed by atoms with Gasteiger partial charge in [0, 0.05) is 12.1 Å². The van der Waals surface area contributed by atoms with Crippen LogP contribution in [0.3, 0.4) is 0 Å². The maximum Gasteiger partial charge on any atom is 0.240 e. The lowest BCUT2D eigenvalue weighted by atomic mass is 9.87. The minimum Gasteiger partial charge on any atom is -0.355 e. The Kier molecular flexibility index (Phi) is 5.12. The smallest absolute Gasteiger partial charge is 0.240 e. The third-order valence-electron chi connectivity index (χ3n) is 4.54. The molecule has 1 heterocycles. The molecule has 2 aromatic carbocycles. The fraction of sp³-hybridized carbons (Fsp3) is 0.364. The third kappa shape index (κ3) is 3.79. The minimum atomic E-state index is 0.0163. The summed E-state index contributed by atoms with van der Waals surface area (Å²) in [6.45, 7) is 9.63. The summed E-state index contributed by atoms with van der Waals surface area (Å²) in [4.78, 5) is 17.1. The van der Waals surface area contributed by atoms with Gasteiger partial charge in [-0.05, 0) is 29.5 Å². The van der Waals surface area contributed by atoms with Gasteiger partial charge in [-0.1, -0.05) is 64.1 Å². The molecule has 0 radical (unpaired) electrons. The van der Waals surface area contributed by atoms with Crippen LogP contribution in [0.15, 0.2) is 48.5 Å². The highest BCUT2D eigenvalue weighted by Gasteiger charge is 2.17. The lowest BCUT2D eigenvalue weighted by molar-refractivity contribution is -0.121. The molecular formula is C22H27N3O. The van der Waals surface area contributed by atoms with Crippen molar-refractivity contribution in [1.82, 2.24) is 14.9 Å². The van der Waals surface area contributed by atoms with Crippen LogP contribution >= 0.6 is 0 Å². The number of hydrogen-bond donors (Lipinski definition) is 1. The van der Waals surface area contributed by atoms with E-state index in [2.05, 4.69) is 57.3 Å². The van der Waals surface area contributed by atoms with Gasteiger partial charge in [0.25, 0.3) is 0 Å². The van der Waals surface area contributed by atoms with Gasteiger partial charge in [-0.25, -0.2) is 4.98 Å². The average Bonchev–Trinajstić information content (AvgIpc) is 2.98. The fourth-order valence-corrected chi connectivity index (χ4v) is 3.04. The van der Waals surface area contributed by atoms with Crippen molar-refractivity contribution in [2.45, 2.75) is 46.1 Å². The van der Waals surface area contributed by atoms with Gasteiger partial charge in [0.15, 0.2) is 0 Å². The summed E-state index contributed by atoms with van der Waals surface area (Å²) in [7, 11) is 0. The van der Waals surface area contributed by atoms with Crippen molar-refractivity contribution in [2.24, 2.45) is 0 Å². The number of hydrogen-bond acceptors (Lipinski definition) is 2. The summed E-state index contributed by atoms with van der Waals surface area (Å²) in [5, 5.41) is 2.96. The molecule has 0 bridgehead atoms. The topological polar surface area (TPSA) is 46.9 Å². The molecule has 0 fully saturated rings. The van der Waals surface area contributed by atoms with E-state index in [0.717, 1.165) is 28.8 Å². The Bertz CT molecular complexity index is 901. The van der Waals surface area contributed by atoms with Crippen LogP contribution in [0.5, 0.6) is 0 Å². The first kappa shape index (κ1) is 18.2.